The molecule has 2 saturated heterocycles. The summed E-state index contributed by atoms with van der Waals surface area (Å²) in [6, 6.07) is 1.67. The molecule has 2 heteroatoms. The molecule has 0 spiro atoms. The van der Waals surface area contributed by atoms with E-state index in [-0.39, 0.29) is 0 Å². The summed E-state index contributed by atoms with van der Waals surface area (Å²) in [6.45, 7) is 12.5. The van der Waals surface area contributed by atoms with Crippen molar-refractivity contribution in [1.82, 2.24) is 9.80 Å². The van der Waals surface area contributed by atoms with E-state index in [2.05, 4.69) is 30.6 Å². The lowest BCUT2D eigenvalue weighted by atomic mass is 9.92. The molecule has 124 valence electrons. The Labute approximate surface area is 133 Å². The highest BCUT2D eigenvalue weighted by molar-refractivity contribution is 4.91. The van der Waals surface area contributed by atoms with Crippen molar-refractivity contribution in [2.75, 3.05) is 26.2 Å². The Hall–Kier alpha value is -0.0800. The van der Waals surface area contributed by atoms with Crippen LogP contribution in [0.25, 0.3) is 0 Å². The van der Waals surface area contributed by atoms with Crippen molar-refractivity contribution in [3.8, 4) is 0 Å². The lowest BCUT2D eigenvalue weighted by molar-refractivity contribution is -0.00807. The molecule has 0 bridgehead atoms. The lowest BCUT2D eigenvalue weighted by Crippen LogP contribution is -2.61. The van der Waals surface area contributed by atoms with Gasteiger partial charge in [-0.2, -0.15) is 0 Å². The fourth-order valence-corrected chi connectivity index (χ4v) is 4.25. The van der Waals surface area contributed by atoms with E-state index >= 15 is 0 Å². The molecule has 0 saturated carbocycles. The van der Waals surface area contributed by atoms with Crippen LogP contribution in [0.3, 0.4) is 0 Å². The highest BCUT2D eigenvalue weighted by Crippen LogP contribution is 2.27. The van der Waals surface area contributed by atoms with Gasteiger partial charge in [0, 0.05) is 25.2 Å². The predicted octanol–water partition coefficient (Wildman–Crippen LogP) is 4.54. The number of hydrogen-bond acceptors (Lipinski definition) is 2. The van der Waals surface area contributed by atoms with Crippen LogP contribution < -0.4 is 0 Å². The summed E-state index contributed by atoms with van der Waals surface area (Å²) in [4.78, 5) is 5.64. The summed E-state index contributed by atoms with van der Waals surface area (Å²) >= 11 is 0. The first kappa shape index (κ1) is 17.3. The summed E-state index contributed by atoms with van der Waals surface area (Å²) in [7, 11) is 0. The topological polar surface area (TPSA) is 6.48 Å². The molecule has 0 radical (unpaired) electrons. The maximum atomic E-state index is 2.84. The van der Waals surface area contributed by atoms with Gasteiger partial charge >= 0.3 is 0 Å². The van der Waals surface area contributed by atoms with Gasteiger partial charge in [0.05, 0.1) is 0 Å². The zero-order chi connectivity index (χ0) is 15.1. The minimum atomic E-state index is 0.799. The molecule has 2 aliphatic rings. The Kier molecular flexibility index (Phi) is 7.53. The highest BCUT2D eigenvalue weighted by Gasteiger charge is 2.35. The largest absolute Gasteiger partial charge is 0.298 e. The van der Waals surface area contributed by atoms with Crippen LogP contribution in [0.4, 0.5) is 0 Å². The predicted molar refractivity (Wildman–Crippen MR) is 92.8 cm³/mol. The first-order valence-corrected chi connectivity index (χ1v) is 9.70. The molecular formula is C19H38N2. The summed E-state index contributed by atoms with van der Waals surface area (Å²) < 4.78 is 0. The molecule has 21 heavy (non-hydrogen) atoms. The van der Waals surface area contributed by atoms with Crippen LogP contribution in [0.5, 0.6) is 0 Å². The molecule has 0 amide bonds. The number of piperidine rings is 1. The molecule has 2 nitrogen and oxygen atoms in total. The van der Waals surface area contributed by atoms with E-state index in [1.165, 1.54) is 84.0 Å². The monoisotopic (exact) mass is 294 g/mol. The number of unbranched alkanes of at least 4 members (excludes halogenated alkanes) is 5. The summed E-state index contributed by atoms with van der Waals surface area (Å²) in [5.74, 6) is 0.799. The van der Waals surface area contributed by atoms with E-state index in [4.69, 9.17) is 0 Å². The van der Waals surface area contributed by atoms with Gasteiger partial charge in [0.25, 0.3) is 0 Å². The molecule has 0 aromatic carbocycles. The summed E-state index contributed by atoms with van der Waals surface area (Å²) in [6.07, 6.45) is 12.9. The van der Waals surface area contributed by atoms with Crippen LogP contribution >= 0.6 is 0 Å². The van der Waals surface area contributed by atoms with Crippen molar-refractivity contribution in [2.24, 2.45) is 5.92 Å². The van der Waals surface area contributed by atoms with Crippen molar-refractivity contribution < 1.29 is 0 Å². The zero-order valence-electron chi connectivity index (χ0n) is 14.8. The first-order chi connectivity index (χ1) is 10.2. The molecule has 2 atom stereocenters. The Balaban J connectivity index is 1.75. The van der Waals surface area contributed by atoms with E-state index in [9.17, 15) is 0 Å². The van der Waals surface area contributed by atoms with E-state index in [1.807, 2.05) is 0 Å². The second-order valence-electron chi connectivity index (χ2n) is 7.72. The molecule has 2 rings (SSSR count). The molecule has 2 fully saturated rings. The molecule has 2 aliphatic heterocycles. The van der Waals surface area contributed by atoms with Gasteiger partial charge < -0.3 is 0 Å². The number of piperazine rings is 1. The third-order valence-electron chi connectivity index (χ3n) is 5.65. The normalized spacial score (nSPS) is 28.0. The average Bonchev–Trinajstić information content (AvgIpc) is 2.49. The minimum absolute atomic E-state index is 0.799. The maximum absolute atomic E-state index is 2.84. The molecule has 0 aliphatic carbocycles. The fraction of sp³-hybridized carbons (Fsp3) is 1.00. The second-order valence-corrected chi connectivity index (χ2v) is 7.72. The van der Waals surface area contributed by atoms with E-state index in [0.717, 1.165) is 18.0 Å². The van der Waals surface area contributed by atoms with Crippen molar-refractivity contribution in [2.45, 2.75) is 90.6 Å². The Bertz CT molecular complexity index is 277. The van der Waals surface area contributed by atoms with Crippen molar-refractivity contribution in [1.29, 1.82) is 0 Å². The quantitative estimate of drug-likeness (QED) is 0.606. The van der Waals surface area contributed by atoms with Gasteiger partial charge in [-0.25, -0.2) is 0 Å². The van der Waals surface area contributed by atoms with Crippen LogP contribution in [-0.4, -0.2) is 48.1 Å². The Morgan fingerprint density at radius 3 is 2.48 bits per heavy atom. The van der Waals surface area contributed by atoms with Crippen LogP contribution in [0.2, 0.25) is 0 Å². The van der Waals surface area contributed by atoms with Gasteiger partial charge in [-0.1, -0.05) is 59.3 Å². The van der Waals surface area contributed by atoms with Gasteiger partial charge in [0.1, 0.15) is 0 Å². The Morgan fingerprint density at radius 2 is 1.71 bits per heavy atom. The van der Waals surface area contributed by atoms with E-state index in [0.29, 0.717) is 0 Å². The number of rotatable bonds is 8. The molecule has 0 aromatic rings. The third kappa shape index (κ3) is 5.25. The van der Waals surface area contributed by atoms with Gasteiger partial charge in [0.2, 0.25) is 0 Å². The summed E-state index contributed by atoms with van der Waals surface area (Å²) in [5.41, 5.74) is 0. The molecule has 0 N–H and O–H groups in total. The third-order valence-corrected chi connectivity index (χ3v) is 5.65. The van der Waals surface area contributed by atoms with Gasteiger partial charge in [0.15, 0.2) is 0 Å². The highest BCUT2D eigenvalue weighted by atomic mass is 15.3. The van der Waals surface area contributed by atoms with E-state index < -0.39 is 0 Å². The SMILES string of the molecule is CCCCCCCCN1CC2CCCCN2CC1C(C)C. The standard InChI is InChI=1S/C19H38N2/c1-4-5-6-7-8-10-14-21-15-18-12-9-11-13-20(18)16-19(21)17(2)3/h17-19H,4-16H2,1-3H3. The summed E-state index contributed by atoms with van der Waals surface area (Å²) in [5, 5.41) is 0. The Morgan fingerprint density at radius 1 is 0.952 bits per heavy atom. The van der Waals surface area contributed by atoms with Crippen molar-refractivity contribution in [3.63, 3.8) is 0 Å². The van der Waals surface area contributed by atoms with Gasteiger partial charge in [-0.15, -0.1) is 0 Å². The molecule has 2 heterocycles. The second kappa shape index (κ2) is 9.15. The van der Waals surface area contributed by atoms with E-state index in [1.54, 1.807) is 0 Å². The van der Waals surface area contributed by atoms with Gasteiger partial charge in [-0.05, 0) is 38.3 Å². The lowest BCUT2D eigenvalue weighted by Gasteiger charge is -2.50. The fourth-order valence-electron chi connectivity index (χ4n) is 4.25. The van der Waals surface area contributed by atoms with Gasteiger partial charge in [-0.3, -0.25) is 9.80 Å². The molecule has 2 unspecified atom stereocenters. The van der Waals surface area contributed by atoms with Crippen LogP contribution in [0.1, 0.15) is 78.6 Å². The molecule has 0 aromatic heterocycles. The van der Waals surface area contributed by atoms with Crippen molar-refractivity contribution in [3.05, 3.63) is 0 Å². The number of hydrogen-bond donors (Lipinski definition) is 0. The number of nitrogens with zero attached hydrogens (tertiary/aromatic N) is 2. The van der Waals surface area contributed by atoms with Crippen LogP contribution in [-0.2, 0) is 0 Å². The zero-order valence-corrected chi connectivity index (χ0v) is 14.8. The number of fused-ring (bicyclic) bond motifs is 1. The minimum Gasteiger partial charge on any atom is -0.298 e. The average molecular weight is 295 g/mol. The maximum Gasteiger partial charge on any atom is 0.0246 e. The van der Waals surface area contributed by atoms with Crippen molar-refractivity contribution >= 4 is 0 Å². The van der Waals surface area contributed by atoms with Crippen LogP contribution in [0.15, 0.2) is 0 Å². The molecular weight excluding hydrogens is 256 g/mol. The smallest absolute Gasteiger partial charge is 0.0246 e. The first-order valence-electron chi connectivity index (χ1n) is 9.70. The van der Waals surface area contributed by atoms with Crippen LogP contribution in [0, 0.1) is 5.92 Å².